The van der Waals surface area contributed by atoms with Crippen molar-refractivity contribution in [3.8, 4) is 0 Å². The Balaban J connectivity index is 0.000000521. The van der Waals surface area contributed by atoms with Crippen LogP contribution in [0.5, 0.6) is 0 Å². The number of hydrogen-bond donors (Lipinski definition) is 4. The SMILES string of the molecule is CC(c1c[nH]c2ccccc12)C(NC(=O)CN(C)C)C(=O)N1C[C@@H](CN(C)C)Cc2cc(Cl)ccc21.O=C(O)C(F)(F)F.O=C(O)C(F)(F)F. The topological polar surface area (TPSA) is 146 Å². The number of nitrogens with one attached hydrogen (secondary N) is 2. The summed E-state index contributed by atoms with van der Waals surface area (Å²) in [5.74, 6) is -5.78. The minimum Gasteiger partial charge on any atom is -0.475 e. The number of amides is 2. The second-order valence-electron chi connectivity index (χ2n) is 12.0. The summed E-state index contributed by atoms with van der Waals surface area (Å²) in [5.41, 5.74) is 3.95. The molecular formula is C32H38ClF6N5O6. The van der Waals surface area contributed by atoms with Crippen molar-refractivity contribution < 1.29 is 55.7 Å². The molecule has 18 heteroatoms. The fourth-order valence-electron chi connectivity index (χ4n) is 5.29. The molecule has 0 radical (unpaired) electrons. The maximum atomic E-state index is 14.3. The van der Waals surface area contributed by atoms with E-state index < -0.39 is 30.3 Å². The van der Waals surface area contributed by atoms with Gasteiger partial charge in [-0.15, -0.1) is 0 Å². The summed E-state index contributed by atoms with van der Waals surface area (Å²) in [6.45, 7) is 3.66. The number of H-pyrrole nitrogens is 1. The van der Waals surface area contributed by atoms with Crippen LogP contribution in [0.25, 0.3) is 10.9 Å². The van der Waals surface area contributed by atoms with Crippen LogP contribution < -0.4 is 10.2 Å². The van der Waals surface area contributed by atoms with Gasteiger partial charge in [0.15, 0.2) is 0 Å². The predicted octanol–water partition coefficient (Wildman–Crippen LogP) is 5.00. The van der Waals surface area contributed by atoms with Gasteiger partial charge >= 0.3 is 24.3 Å². The highest BCUT2D eigenvalue weighted by Crippen LogP contribution is 2.35. The maximum Gasteiger partial charge on any atom is 0.490 e. The van der Waals surface area contributed by atoms with Crippen LogP contribution in [-0.4, -0.2) is 115 Å². The van der Waals surface area contributed by atoms with Crippen molar-refractivity contribution in [3.63, 3.8) is 0 Å². The Bertz CT molecular complexity index is 1620. The van der Waals surface area contributed by atoms with Crippen molar-refractivity contribution in [2.45, 2.75) is 37.7 Å². The average Bonchev–Trinajstić information content (AvgIpc) is 3.42. The highest BCUT2D eigenvalue weighted by molar-refractivity contribution is 6.30. The summed E-state index contributed by atoms with van der Waals surface area (Å²) in [4.78, 5) is 54.2. The second-order valence-corrected chi connectivity index (χ2v) is 12.5. The number of carboxylic acids is 2. The number of benzene rings is 2. The number of carbonyl (C=O) groups is 4. The van der Waals surface area contributed by atoms with E-state index in [0.717, 1.165) is 40.7 Å². The molecule has 1 aliphatic rings. The Morgan fingerprint density at radius 2 is 1.52 bits per heavy atom. The number of rotatable bonds is 8. The highest BCUT2D eigenvalue weighted by Gasteiger charge is 2.39. The predicted molar refractivity (Wildman–Crippen MR) is 174 cm³/mol. The van der Waals surface area contributed by atoms with Gasteiger partial charge in [-0.3, -0.25) is 9.59 Å². The van der Waals surface area contributed by atoms with Crippen molar-refractivity contribution >= 4 is 51.9 Å². The van der Waals surface area contributed by atoms with Gasteiger partial charge in [-0.25, -0.2) is 9.59 Å². The number of para-hydroxylation sites is 1. The first-order valence-corrected chi connectivity index (χ1v) is 15.3. The van der Waals surface area contributed by atoms with Crippen molar-refractivity contribution in [3.05, 3.63) is 64.8 Å². The molecule has 50 heavy (non-hydrogen) atoms. The maximum absolute atomic E-state index is 14.3. The first kappa shape index (κ1) is 41.8. The number of halogens is 7. The number of carbonyl (C=O) groups excluding carboxylic acids is 2. The van der Waals surface area contributed by atoms with E-state index in [0.29, 0.717) is 11.6 Å². The zero-order valence-corrected chi connectivity index (χ0v) is 28.5. The zero-order chi connectivity index (χ0) is 38.1. The van der Waals surface area contributed by atoms with Crippen LogP contribution in [-0.2, 0) is 25.6 Å². The molecule has 4 N–H and O–H groups in total. The Hall–Kier alpha value is -4.35. The molecule has 2 unspecified atom stereocenters. The number of alkyl halides is 6. The molecular weight excluding hydrogens is 700 g/mol. The van der Waals surface area contributed by atoms with Gasteiger partial charge in [0.25, 0.3) is 0 Å². The minimum atomic E-state index is -5.08. The third-order valence-electron chi connectivity index (χ3n) is 7.31. The smallest absolute Gasteiger partial charge is 0.475 e. The van der Waals surface area contributed by atoms with Gasteiger partial charge in [-0.05, 0) is 75.9 Å². The Kier molecular flexibility index (Phi) is 14.7. The summed E-state index contributed by atoms with van der Waals surface area (Å²) >= 11 is 6.33. The Morgan fingerprint density at radius 1 is 0.960 bits per heavy atom. The molecule has 0 fully saturated rings. The van der Waals surface area contributed by atoms with Crippen LogP contribution in [0.1, 0.15) is 24.0 Å². The van der Waals surface area contributed by atoms with Crippen molar-refractivity contribution in [1.29, 1.82) is 0 Å². The number of anilines is 1. The number of carboxylic acid groups (broad SMARTS) is 2. The molecule has 2 heterocycles. The number of aromatic amines is 1. The van der Waals surface area contributed by atoms with Crippen LogP contribution in [0, 0.1) is 5.92 Å². The summed E-state index contributed by atoms with van der Waals surface area (Å²) in [6, 6.07) is 13.0. The molecule has 11 nitrogen and oxygen atoms in total. The van der Waals surface area contributed by atoms with E-state index in [1.807, 2.05) is 88.7 Å². The lowest BCUT2D eigenvalue weighted by atomic mass is 9.88. The van der Waals surface area contributed by atoms with E-state index in [-0.39, 0.29) is 30.2 Å². The summed E-state index contributed by atoms with van der Waals surface area (Å²) in [6.07, 6.45) is -7.36. The van der Waals surface area contributed by atoms with E-state index in [9.17, 15) is 35.9 Å². The number of hydrogen-bond acceptors (Lipinski definition) is 6. The van der Waals surface area contributed by atoms with Crippen LogP contribution in [0.4, 0.5) is 32.0 Å². The van der Waals surface area contributed by atoms with Crippen LogP contribution >= 0.6 is 11.6 Å². The summed E-state index contributed by atoms with van der Waals surface area (Å²) in [7, 11) is 7.78. The molecule has 0 saturated carbocycles. The minimum absolute atomic E-state index is 0.105. The van der Waals surface area contributed by atoms with Crippen LogP contribution in [0.15, 0.2) is 48.7 Å². The van der Waals surface area contributed by atoms with E-state index in [1.165, 1.54) is 0 Å². The molecule has 276 valence electrons. The third-order valence-corrected chi connectivity index (χ3v) is 7.55. The first-order valence-electron chi connectivity index (χ1n) is 14.9. The van der Waals surface area contributed by atoms with E-state index in [1.54, 1.807) is 4.90 Å². The third kappa shape index (κ3) is 12.2. The van der Waals surface area contributed by atoms with E-state index in [2.05, 4.69) is 15.2 Å². The lowest BCUT2D eigenvalue weighted by molar-refractivity contribution is -0.193. The molecule has 0 aliphatic carbocycles. The first-order chi connectivity index (χ1) is 23.0. The van der Waals surface area contributed by atoms with Crippen molar-refractivity contribution in [2.24, 2.45) is 5.92 Å². The lowest BCUT2D eigenvalue weighted by Gasteiger charge is -2.38. The fourth-order valence-corrected chi connectivity index (χ4v) is 5.48. The van der Waals surface area contributed by atoms with Gasteiger partial charge in [-0.2, -0.15) is 26.3 Å². The quantitative estimate of drug-likeness (QED) is 0.236. The molecule has 2 amide bonds. The van der Waals surface area contributed by atoms with Gasteiger partial charge < -0.3 is 35.2 Å². The molecule has 3 atom stereocenters. The highest BCUT2D eigenvalue weighted by atomic mass is 35.5. The van der Waals surface area contributed by atoms with Crippen molar-refractivity contribution in [1.82, 2.24) is 20.1 Å². The van der Waals surface area contributed by atoms with Gasteiger partial charge in [0.2, 0.25) is 11.8 Å². The average molecular weight is 738 g/mol. The standard InChI is InChI=1S/C28H36ClN5O2.2C2HF3O2/c1-18(23-14-30-24-9-7-6-8-22(23)24)27(31-26(35)17-33(4)5)28(36)34-16-19(15-32(2)3)12-20-13-21(29)10-11-25(20)34;2*3-2(4,5)1(6)7/h6-11,13-14,18-19,27,30H,12,15-17H2,1-5H3,(H,31,35);2*(H,6,7)/t18?,19-,27?;;/m1../s1. The zero-order valence-electron chi connectivity index (χ0n) is 27.7. The van der Waals surface area contributed by atoms with Gasteiger partial charge in [0.1, 0.15) is 6.04 Å². The Labute approximate surface area is 288 Å². The molecule has 1 aliphatic heterocycles. The number of likely N-dealkylation sites (N-methyl/N-ethyl adjacent to an activating group) is 1. The number of nitrogens with zero attached hydrogens (tertiary/aromatic N) is 3. The van der Waals surface area contributed by atoms with Gasteiger partial charge in [0, 0.05) is 46.8 Å². The lowest BCUT2D eigenvalue weighted by Crippen LogP contribution is -2.55. The molecule has 0 spiro atoms. The van der Waals surface area contributed by atoms with Crippen molar-refractivity contribution in [2.75, 3.05) is 52.7 Å². The van der Waals surface area contributed by atoms with Gasteiger partial charge in [-0.1, -0.05) is 36.7 Å². The number of aromatic nitrogens is 1. The molecule has 4 rings (SSSR count). The second kappa shape index (κ2) is 17.5. The molecule has 1 aromatic heterocycles. The van der Waals surface area contributed by atoms with Crippen LogP contribution in [0.3, 0.4) is 0 Å². The molecule has 0 bridgehead atoms. The van der Waals surface area contributed by atoms with E-state index in [4.69, 9.17) is 31.4 Å². The monoisotopic (exact) mass is 737 g/mol. The summed E-state index contributed by atoms with van der Waals surface area (Å²) < 4.78 is 63.5. The summed E-state index contributed by atoms with van der Waals surface area (Å²) in [5, 5.41) is 19.0. The normalized spacial score (nSPS) is 15.6. The number of fused-ring (bicyclic) bond motifs is 2. The van der Waals surface area contributed by atoms with Gasteiger partial charge in [0.05, 0.1) is 6.54 Å². The fraction of sp³-hybridized carbons (Fsp3) is 0.438. The molecule has 3 aromatic rings. The van der Waals surface area contributed by atoms with Crippen LogP contribution in [0.2, 0.25) is 5.02 Å². The Morgan fingerprint density at radius 3 is 2.04 bits per heavy atom. The molecule has 2 aromatic carbocycles. The van der Waals surface area contributed by atoms with E-state index >= 15 is 0 Å². The molecule has 0 saturated heterocycles. The number of aliphatic carboxylic acids is 2. The largest absolute Gasteiger partial charge is 0.490 e.